The minimum absolute atomic E-state index is 0.344. The second-order valence-electron chi connectivity index (χ2n) is 2.94. The van der Waals surface area contributed by atoms with Crippen molar-refractivity contribution < 1.29 is 9.90 Å². The molecule has 70 valence electrons. The van der Waals surface area contributed by atoms with E-state index in [4.69, 9.17) is 5.11 Å². The van der Waals surface area contributed by atoms with E-state index in [1.807, 2.05) is 19.9 Å². The molecule has 0 aliphatic heterocycles. The number of halogens is 1. The molecule has 0 spiro atoms. The number of rotatable bonds is 2. The first-order valence-corrected chi connectivity index (χ1v) is 4.88. The molecule has 13 heavy (non-hydrogen) atoms. The molecule has 0 radical (unpaired) electrons. The summed E-state index contributed by atoms with van der Waals surface area (Å²) in [4.78, 5) is 10.8. The lowest BCUT2D eigenvalue weighted by atomic mass is 10.1. The summed E-state index contributed by atoms with van der Waals surface area (Å²) in [5.41, 5.74) is 2.37. The third-order valence-corrected chi connectivity index (χ3v) is 2.84. The second-order valence-corrected chi connectivity index (χ2v) is 3.74. The molecule has 0 bridgehead atoms. The lowest BCUT2D eigenvalue weighted by Crippen LogP contribution is -2.00. The van der Waals surface area contributed by atoms with Crippen LogP contribution >= 0.6 is 15.9 Å². The fourth-order valence-electron chi connectivity index (χ4n) is 1.26. The van der Waals surface area contributed by atoms with Crippen molar-refractivity contribution >= 4 is 21.9 Å². The predicted molar refractivity (Wildman–Crippen MR) is 55.2 cm³/mol. The van der Waals surface area contributed by atoms with E-state index >= 15 is 0 Å². The average molecular weight is 243 g/mol. The highest BCUT2D eigenvalue weighted by molar-refractivity contribution is 9.10. The third-order valence-electron chi connectivity index (χ3n) is 1.90. The SMILES string of the molecule is CCc1cc(C)cc(C(=O)O)c1Br. The van der Waals surface area contributed by atoms with Gasteiger partial charge < -0.3 is 5.11 Å². The Balaban J connectivity index is 3.35. The molecule has 1 aromatic rings. The van der Waals surface area contributed by atoms with Gasteiger partial charge in [0.15, 0.2) is 0 Å². The van der Waals surface area contributed by atoms with Crippen molar-refractivity contribution in [3.05, 3.63) is 33.3 Å². The van der Waals surface area contributed by atoms with Crippen molar-refractivity contribution in [2.45, 2.75) is 20.3 Å². The Bertz CT molecular complexity index is 345. The molecule has 0 saturated carbocycles. The van der Waals surface area contributed by atoms with Gasteiger partial charge in [0.05, 0.1) is 5.56 Å². The van der Waals surface area contributed by atoms with Gasteiger partial charge in [0.1, 0.15) is 0 Å². The zero-order valence-electron chi connectivity index (χ0n) is 7.60. The largest absolute Gasteiger partial charge is 0.478 e. The molecule has 1 rings (SSSR count). The molecule has 0 amide bonds. The molecule has 2 nitrogen and oxygen atoms in total. The topological polar surface area (TPSA) is 37.3 Å². The van der Waals surface area contributed by atoms with E-state index in [0.717, 1.165) is 17.5 Å². The van der Waals surface area contributed by atoms with Gasteiger partial charge in [-0.2, -0.15) is 0 Å². The van der Waals surface area contributed by atoms with Gasteiger partial charge >= 0.3 is 5.97 Å². The Morgan fingerprint density at radius 2 is 2.15 bits per heavy atom. The number of carboxylic acid groups (broad SMARTS) is 1. The fourth-order valence-corrected chi connectivity index (χ4v) is 1.94. The first-order chi connectivity index (χ1) is 6.06. The van der Waals surface area contributed by atoms with Gasteiger partial charge in [-0.25, -0.2) is 4.79 Å². The van der Waals surface area contributed by atoms with Crippen molar-refractivity contribution in [3.63, 3.8) is 0 Å². The summed E-state index contributed by atoms with van der Waals surface area (Å²) in [6.45, 7) is 3.91. The van der Waals surface area contributed by atoms with Gasteiger partial charge in [0.25, 0.3) is 0 Å². The Labute approximate surface area is 85.7 Å². The number of hydrogen-bond donors (Lipinski definition) is 1. The van der Waals surface area contributed by atoms with Crippen molar-refractivity contribution in [2.75, 3.05) is 0 Å². The van der Waals surface area contributed by atoms with E-state index in [0.29, 0.717) is 10.0 Å². The van der Waals surface area contributed by atoms with E-state index in [1.165, 1.54) is 0 Å². The Kier molecular flexibility index (Phi) is 3.09. The standard InChI is InChI=1S/C10H11BrO2/c1-3-7-4-6(2)5-8(9(7)11)10(12)13/h4-5H,3H2,1-2H3,(H,12,13). The van der Waals surface area contributed by atoms with Crippen LogP contribution in [-0.2, 0) is 6.42 Å². The monoisotopic (exact) mass is 242 g/mol. The maximum atomic E-state index is 10.8. The molecule has 1 aromatic carbocycles. The minimum Gasteiger partial charge on any atom is -0.478 e. The van der Waals surface area contributed by atoms with Gasteiger partial charge in [-0.1, -0.05) is 13.0 Å². The molecule has 0 atom stereocenters. The summed E-state index contributed by atoms with van der Waals surface area (Å²) in [5, 5.41) is 8.88. The number of carboxylic acids is 1. The van der Waals surface area contributed by atoms with Crippen molar-refractivity contribution in [3.8, 4) is 0 Å². The van der Waals surface area contributed by atoms with Gasteiger partial charge in [0, 0.05) is 4.47 Å². The molecule has 0 aromatic heterocycles. The van der Waals surface area contributed by atoms with Gasteiger partial charge in [-0.05, 0) is 46.5 Å². The summed E-state index contributed by atoms with van der Waals surface area (Å²) < 4.78 is 0.702. The summed E-state index contributed by atoms with van der Waals surface area (Å²) in [6.07, 6.45) is 0.836. The quantitative estimate of drug-likeness (QED) is 0.866. The van der Waals surface area contributed by atoms with Gasteiger partial charge in [-0.15, -0.1) is 0 Å². The molecule has 0 fully saturated rings. The number of aryl methyl sites for hydroxylation is 2. The lowest BCUT2D eigenvalue weighted by Gasteiger charge is -2.06. The molecular formula is C10H11BrO2. The second kappa shape index (κ2) is 3.92. The van der Waals surface area contributed by atoms with Crippen LogP contribution in [0, 0.1) is 6.92 Å². The van der Waals surface area contributed by atoms with E-state index in [9.17, 15) is 4.79 Å². The van der Waals surface area contributed by atoms with E-state index in [1.54, 1.807) is 6.07 Å². The molecule has 3 heteroatoms. The van der Waals surface area contributed by atoms with Crippen LogP contribution in [0.4, 0.5) is 0 Å². The first kappa shape index (κ1) is 10.3. The van der Waals surface area contributed by atoms with Crippen LogP contribution in [-0.4, -0.2) is 11.1 Å². The lowest BCUT2D eigenvalue weighted by molar-refractivity contribution is 0.0695. The first-order valence-electron chi connectivity index (χ1n) is 4.08. The van der Waals surface area contributed by atoms with Crippen LogP contribution in [0.15, 0.2) is 16.6 Å². The summed E-state index contributed by atoms with van der Waals surface area (Å²) in [5.74, 6) is -0.884. The third kappa shape index (κ3) is 2.10. The van der Waals surface area contributed by atoms with Crippen LogP contribution < -0.4 is 0 Å². The molecule has 0 unspecified atom stereocenters. The van der Waals surface area contributed by atoms with E-state index < -0.39 is 5.97 Å². The van der Waals surface area contributed by atoms with Crippen LogP contribution in [0.1, 0.15) is 28.4 Å². The maximum Gasteiger partial charge on any atom is 0.336 e. The molecule has 1 N–H and O–H groups in total. The highest BCUT2D eigenvalue weighted by Crippen LogP contribution is 2.24. The van der Waals surface area contributed by atoms with Crippen LogP contribution in [0.3, 0.4) is 0 Å². The minimum atomic E-state index is -0.884. The summed E-state index contributed by atoms with van der Waals surface area (Å²) >= 11 is 3.30. The smallest absolute Gasteiger partial charge is 0.336 e. The number of aromatic carboxylic acids is 1. The molecule has 0 aliphatic rings. The molecule has 0 saturated heterocycles. The summed E-state index contributed by atoms with van der Waals surface area (Å²) in [6, 6.07) is 3.67. The zero-order valence-corrected chi connectivity index (χ0v) is 9.18. The Hall–Kier alpha value is -0.830. The van der Waals surface area contributed by atoms with Crippen molar-refractivity contribution in [1.82, 2.24) is 0 Å². The van der Waals surface area contributed by atoms with Crippen LogP contribution in [0.2, 0.25) is 0 Å². The highest BCUT2D eigenvalue weighted by Gasteiger charge is 2.11. The maximum absolute atomic E-state index is 10.8. The van der Waals surface area contributed by atoms with Crippen LogP contribution in [0.5, 0.6) is 0 Å². The van der Waals surface area contributed by atoms with Gasteiger partial charge in [-0.3, -0.25) is 0 Å². The van der Waals surface area contributed by atoms with Gasteiger partial charge in [0.2, 0.25) is 0 Å². The van der Waals surface area contributed by atoms with E-state index in [-0.39, 0.29) is 0 Å². The molecular weight excluding hydrogens is 232 g/mol. The number of hydrogen-bond acceptors (Lipinski definition) is 1. The molecule has 0 aliphatic carbocycles. The number of carbonyl (C=O) groups is 1. The average Bonchev–Trinajstić information content (AvgIpc) is 2.08. The molecule has 0 heterocycles. The Morgan fingerprint density at radius 1 is 1.54 bits per heavy atom. The Morgan fingerprint density at radius 3 is 2.62 bits per heavy atom. The van der Waals surface area contributed by atoms with Crippen molar-refractivity contribution in [1.29, 1.82) is 0 Å². The fraction of sp³-hybridized carbons (Fsp3) is 0.300. The zero-order chi connectivity index (χ0) is 10.0. The highest BCUT2D eigenvalue weighted by atomic mass is 79.9. The van der Waals surface area contributed by atoms with E-state index in [2.05, 4.69) is 15.9 Å². The normalized spacial score (nSPS) is 10.1. The predicted octanol–water partition coefficient (Wildman–Crippen LogP) is 3.02. The number of benzene rings is 1. The van der Waals surface area contributed by atoms with Crippen LogP contribution in [0.25, 0.3) is 0 Å². The summed E-state index contributed by atoms with van der Waals surface area (Å²) in [7, 11) is 0. The van der Waals surface area contributed by atoms with Crippen molar-refractivity contribution in [2.24, 2.45) is 0 Å².